The predicted octanol–water partition coefficient (Wildman–Crippen LogP) is 3.48. The molecule has 0 spiro atoms. The van der Waals surface area contributed by atoms with Crippen LogP contribution in [-0.4, -0.2) is 15.9 Å². The molecule has 0 aliphatic rings. The van der Waals surface area contributed by atoms with E-state index in [9.17, 15) is 9.59 Å². The van der Waals surface area contributed by atoms with Crippen LogP contribution in [0.5, 0.6) is 0 Å². The number of hydrogen-bond donors (Lipinski definition) is 2. The van der Waals surface area contributed by atoms with Gasteiger partial charge in [-0.05, 0) is 41.8 Å². The van der Waals surface area contributed by atoms with Gasteiger partial charge in [0.05, 0.1) is 11.4 Å². The molecular weight excluding hydrogens is 342 g/mol. The van der Waals surface area contributed by atoms with Crippen molar-refractivity contribution in [3.63, 3.8) is 0 Å². The molecule has 1 atom stereocenters. The molecule has 2 heterocycles. The Morgan fingerprint density at radius 3 is 2.63 bits per heavy atom. The summed E-state index contributed by atoms with van der Waals surface area (Å²) in [6, 6.07) is 18.5. The Morgan fingerprint density at radius 2 is 1.85 bits per heavy atom. The van der Waals surface area contributed by atoms with Crippen LogP contribution in [-0.2, 0) is 11.2 Å². The first-order chi connectivity index (χ1) is 13.2. The summed E-state index contributed by atoms with van der Waals surface area (Å²) >= 11 is 0. The Hall–Kier alpha value is -3.67. The number of aromatic nitrogens is 2. The number of amides is 1. The second-order valence-electron chi connectivity index (χ2n) is 6.24. The lowest BCUT2D eigenvalue weighted by Gasteiger charge is -2.17. The second-order valence-corrected chi connectivity index (χ2v) is 6.24. The van der Waals surface area contributed by atoms with Gasteiger partial charge in [0.1, 0.15) is 0 Å². The van der Waals surface area contributed by atoms with Gasteiger partial charge in [0, 0.05) is 24.1 Å². The summed E-state index contributed by atoms with van der Waals surface area (Å²) in [4.78, 5) is 30.9. The molecule has 0 saturated heterocycles. The van der Waals surface area contributed by atoms with Crippen molar-refractivity contribution >= 4 is 22.7 Å². The van der Waals surface area contributed by atoms with Gasteiger partial charge in [-0.3, -0.25) is 14.8 Å². The van der Waals surface area contributed by atoms with E-state index in [1.165, 1.54) is 0 Å². The van der Waals surface area contributed by atoms with Crippen molar-refractivity contribution in [2.75, 3.05) is 5.32 Å². The van der Waals surface area contributed by atoms with Crippen molar-refractivity contribution in [3.05, 3.63) is 94.7 Å². The van der Waals surface area contributed by atoms with Crippen molar-refractivity contribution in [2.24, 2.45) is 0 Å². The van der Waals surface area contributed by atoms with Gasteiger partial charge in [0.25, 0.3) is 0 Å². The lowest BCUT2D eigenvalue weighted by Crippen LogP contribution is -2.23. The maximum Gasteiger partial charge on any atom is 0.417 e. The number of aromatic amines is 1. The van der Waals surface area contributed by atoms with Gasteiger partial charge in [-0.2, -0.15) is 0 Å². The van der Waals surface area contributed by atoms with Crippen LogP contribution >= 0.6 is 0 Å². The summed E-state index contributed by atoms with van der Waals surface area (Å²) in [6.45, 7) is 0. The highest BCUT2D eigenvalue weighted by Gasteiger charge is 2.21. The van der Waals surface area contributed by atoms with E-state index >= 15 is 0 Å². The first-order valence-corrected chi connectivity index (χ1v) is 8.56. The molecule has 0 aliphatic carbocycles. The lowest BCUT2D eigenvalue weighted by atomic mass is 9.91. The van der Waals surface area contributed by atoms with Gasteiger partial charge in [-0.15, -0.1) is 0 Å². The van der Waals surface area contributed by atoms with Crippen molar-refractivity contribution in [1.82, 2.24) is 9.97 Å². The summed E-state index contributed by atoms with van der Waals surface area (Å²) in [6.07, 6.45) is 3.99. The molecule has 6 heteroatoms. The van der Waals surface area contributed by atoms with Crippen LogP contribution in [0.3, 0.4) is 0 Å². The predicted molar refractivity (Wildman–Crippen MR) is 103 cm³/mol. The van der Waals surface area contributed by atoms with Crippen LogP contribution in [0.15, 0.2) is 82.3 Å². The van der Waals surface area contributed by atoms with E-state index in [-0.39, 0.29) is 11.8 Å². The number of hydrogen-bond acceptors (Lipinski definition) is 4. The van der Waals surface area contributed by atoms with Crippen LogP contribution in [0, 0.1) is 0 Å². The number of carbonyl (C=O) groups is 1. The number of rotatable bonds is 5. The summed E-state index contributed by atoms with van der Waals surface area (Å²) < 4.78 is 5.06. The van der Waals surface area contributed by atoms with Crippen LogP contribution in [0.1, 0.15) is 17.0 Å². The fourth-order valence-corrected chi connectivity index (χ4v) is 3.05. The minimum Gasteiger partial charge on any atom is -0.408 e. The zero-order valence-corrected chi connectivity index (χ0v) is 14.4. The molecule has 0 saturated carbocycles. The summed E-state index contributed by atoms with van der Waals surface area (Å²) in [5.41, 5.74) is 3.53. The van der Waals surface area contributed by atoms with Crippen molar-refractivity contribution in [3.8, 4) is 0 Å². The molecule has 27 heavy (non-hydrogen) atoms. The molecule has 0 aliphatic heterocycles. The molecule has 134 valence electrons. The first-order valence-electron chi connectivity index (χ1n) is 8.56. The van der Waals surface area contributed by atoms with Gasteiger partial charge in [-0.1, -0.05) is 30.3 Å². The smallest absolute Gasteiger partial charge is 0.408 e. The topological polar surface area (TPSA) is 88.0 Å². The second kappa shape index (κ2) is 7.29. The van der Waals surface area contributed by atoms with Gasteiger partial charge < -0.3 is 9.73 Å². The zero-order chi connectivity index (χ0) is 18.6. The van der Waals surface area contributed by atoms with E-state index in [1.54, 1.807) is 30.6 Å². The molecule has 2 N–H and O–H groups in total. The zero-order valence-electron chi connectivity index (χ0n) is 14.4. The van der Waals surface area contributed by atoms with Crippen molar-refractivity contribution in [1.29, 1.82) is 0 Å². The highest BCUT2D eigenvalue weighted by molar-refractivity contribution is 5.97. The number of nitrogens with zero attached hydrogens (tertiary/aromatic N) is 1. The maximum absolute atomic E-state index is 13.0. The molecule has 4 aromatic rings. The SMILES string of the molecule is O=C(Nc1ccc2[nH]c(=O)oc2c1)C(Cc1ccncc1)c1ccccc1. The van der Waals surface area contributed by atoms with E-state index in [2.05, 4.69) is 15.3 Å². The molecule has 1 unspecified atom stereocenters. The average Bonchev–Trinajstić information content (AvgIpc) is 3.07. The normalized spacial score (nSPS) is 12.0. The number of pyridine rings is 1. The third kappa shape index (κ3) is 3.79. The molecule has 1 amide bonds. The van der Waals surface area contributed by atoms with Crippen LogP contribution in [0.25, 0.3) is 11.1 Å². The standard InChI is InChI=1S/C21H17N3O3/c25-20(23-16-6-7-18-19(13-16)27-21(26)24-18)17(15-4-2-1-3-5-15)12-14-8-10-22-11-9-14/h1-11,13,17H,12H2,(H,23,25)(H,24,26). The van der Waals surface area contributed by atoms with E-state index in [4.69, 9.17) is 4.42 Å². The van der Waals surface area contributed by atoms with Crippen LogP contribution in [0.4, 0.5) is 5.69 Å². The van der Waals surface area contributed by atoms with E-state index in [0.29, 0.717) is 23.2 Å². The first kappa shape index (κ1) is 16.8. The Labute approximate surface area is 154 Å². The Bertz CT molecular complexity index is 1120. The molecule has 2 aromatic carbocycles. The monoisotopic (exact) mass is 359 g/mol. The highest BCUT2D eigenvalue weighted by Crippen LogP contribution is 2.24. The Kier molecular flexibility index (Phi) is 4.53. The van der Waals surface area contributed by atoms with E-state index < -0.39 is 5.76 Å². The minimum atomic E-state index is -0.520. The molecule has 0 fully saturated rings. The van der Waals surface area contributed by atoms with Gasteiger partial charge in [-0.25, -0.2) is 4.79 Å². The third-order valence-electron chi connectivity index (χ3n) is 4.40. The molecule has 6 nitrogen and oxygen atoms in total. The maximum atomic E-state index is 13.0. The number of anilines is 1. The molecule has 4 rings (SSSR count). The number of nitrogens with one attached hydrogen (secondary N) is 2. The average molecular weight is 359 g/mol. The fourth-order valence-electron chi connectivity index (χ4n) is 3.05. The number of oxazole rings is 1. The minimum absolute atomic E-state index is 0.129. The third-order valence-corrected chi connectivity index (χ3v) is 4.40. The Morgan fingerprint density at radius 1 is 1.07 bits per heavy atom. The van der Waals surface area contributed by atoms with Gasteiger partial charge in [0.2, 0.25) is 5.91 Å². The molecule has 0 radical (unpaired) electrons. The van der Waals surface area contributed by atoms with Crippen LogP contribution < -0.4 is 11.1 Å². The number of fused-ring (bicyclic) bond motifs is 1. The molecule has 2 aromatic heterocycles. The van der Waals surface area contributed by atoms with Crippen LogP contribution in [0.2, 0.25) is 0 Å². The van der Waals surface area contributed by atoms with Gasteiger partial charge in [0.15, 0.2) is 5.58 Å². The van der Waals surface area contributed by atoms with E-state index in [1.807, 2.05) is 42.5 Å². The number of benzene rings is 2. The Balaban J connectivity index is 1.61. The summed E-state index contributed by atoms with van der Waals surface area (Å²) in [5.74, 6) is -1.01. The lowest BCUT2D eigenvalue weighted by molar-refractivity contribution is -0.117. The van der Waals surface area contributed by atoms with E-state index in [0.717, 1.165) is 11.1 Å². The van der Waals surface area contributed by atoms with Crippen molar-refractivity contribution in [2.45, 2.75) is 12.3 Å². The van der Waals surface area contributed by atoms with Crippen molar-refractivity contribution < 1.29 is 9.21 Å². The quantitative estimate of drug-likeness (QED) is 0.571. The molecule has 0 bridgehead atoms. The summed E-state index contributed by atoms with van der Waals surface area (Å²) in [5, 5.41) is 2.93. The highest BCUT2D eigenvalue weighted by atomic mass is 16.4. The number of carbonyl (C=O) groups excluding carboxylic acids is 1. The largest absolute Gasteiger partial charge is 0.417 e. The fraction of sp³-hybridized carbons (Fsp3) is 0.0952. The molecular formula is C21H17N3O3. The summed E-state index contributed by atoms with van der Waals surface area (Å²) in [7, 11) is 0. The number of H-pyrrole nitrogens is 1. The van der Waals surface area contributed by atoms with Gasteiger partial charge >= 0.3 is 5.76 Å².